The van der Waals surface area contributed by atoms with Gasteiger partial charge in [0.15, 0.2) is 5.82 Å². The van der Waals surface area contributed by atoms with Crippen LogP contribution < -0.4 is 20.3 Å². The van der Waals surface area contributed by atoms with Crippen molar-refractivity contribution in [1.29, 1.82) is 0 Å². The van der Waals surface area contributed by atoms with Gasteiger partial charge in [0.05, 0.1) is 28.0 Å². The molecule has 1 aromatic carbocycles. The molecule has 210 valence electrons. The highest BCUT2D eigenvalue weighted by Crippen LogP contribution is 2.42. The van der Waals surface area contributed by atoms with Crippen molar-refractivity contribution < 1.29 is 18.8 Å². The van der Waals surface area contributed by atoms with Crippen LogP contribution in [0.3, 0.4) is 0 Å². The number of likely N-dealkylation sites (N-methyl/N-ethyl adjacent to an activating group) is 1. The van der Waals surface area contributed by atoms with Gasteiger partial charge < -0.3 is 29.9 Å². The molecule has 0 unspecified atom stereocenters. The van der Waals surface area contributed by atoms with Gasteiger partial charge in [0.25, 0.3) is 0 Å². The number of halogens is 2. The van der Waals surface area contributed by atoms with Crippen LogP contribution in [-0.4, -0.2) is 77.9 Å². The van der Waals surface area contributed by atoms with E-state index in [2.05, 4.69) is 20.7 Å². The molecule has 2 aromatic heterocycles. The number of benzene rings is 1. The second-order valence-electron chi connectivity index (χ2n) is 10.4. The van der Waals surface area contributed by atoms with Crippen LogP contribution in [0.15, 0.2) is 22.7 Å². The predicted molar refractivity (Wildman–Crippen MR) is 149 cm³/mol. The van der Waals surface area contributed by atoms with Crippen LogP contribution in [-0.2, 0) is 0 Å². The smallest absolute Gasteiger partial charge is 0.163 e. The van der Waals surface area contributed by atoms with E-state index in [0.717, 1.165) is 36.2 Å². The summed E-state index contributed by atoms with van der Waals surface area (Å²) in [4.78, 5) is 12.2. The fourth-order valence-corrected chi connectivity index (χ4v) is 5.47. The first kappa shape index (κ1) is 27.8. The Morgan fingerprint density at radius 1 is 1.26 bits per heavy atom. The maximum atomic E-state index is 15.3. The van der Waals surface area contributed by atoms with Crippen LogP contribution >= 0.6 is 11.6 Å². The molecule has 2 aliphatic rings. The number of aryl methyl sites for hydroxylation is 2. The number of piperidine rings is 1. The second kappa shape index (κ2) is 11.8. The van der Waals surface area contributed by atoms with Crippen LogP contribution in [0.4, 0.5) is 10.2 Å². The molecule has 3 heterocycles. The topological polar surface area (TPSA) is 109 Å². The van der Waals surface area contributed by atoms with E-state index in [1.165, 1.54) is 0 Å². The van der Waals surface area contributed by atoms with Crippen molar-refractivity contribution in [3.05, 3.63) is 40.2 Å². The zero-order valence-electron chi connectivity index (χ0n) is 22.8. The lowest BCUT2D eigenvalue weighted by molar-refractivity contribution is 0.108. The largest absolute Gasteiger partial charge is 0.491 e. The third kappa shape index (κ3) is 5.89. The standard InChI is InChI=1S/C28H36ClFN6O3/c1-15-26(25-16(2)35-39-17(25)3)33-27(21-11-20(7-8-22(21)29)38-14-19(37)12-31-4)34-28(15)36(18-5-6-18)24-9-10-32-13-23(24)30/h7-8,11,18-19,23-24,31-32,37H,5-6,9-10,12-14H2,1-4H3/t19-,23+,24-/m1/s1. The fraction of sp³-hybridized carbons (Fsp3) is 0.536. The minimum absolute atomic E-state index is 0.120. The summed E-state index contributed by atoms with van der Waals surface area (Å²) in [5, 5.41) is 20.8. The molecule has 0 spiro atoms. The van der Waals surface area contributed by atoms with Gasteiger partial charge >= 0.3 is 0 Å². The van der Waals surface area contributed by atoms with Gasteiger partial charge in [-0.1, -0.05) is 16.8 Å². The Morgan fingerprint density at radius 2 is 2.05 bits per heavy atom. The second-order valence-corrected chi connectivity index (χ2v) is 10.8. The quantitative estimate of drug-likeness (QED) is 0.340. The van der Waals surface area contributed by atoms with Crippen molar-refractivity contribution in [3.63, 3.8) is 0 Å². The Balaban J connectivity index is 1.63. The SMILES string of the molecule is CNC[C@@H](O)COc1ccc(Cl)c(-c2nc(-c3c(C)noc3C)c(C)c(N(C3CC3)[C@@H]3CCNC[C@@H]3F)n2)c1. The molecule has 0 amide bonds. The molecule has 3 N–H and O–H groups in total. The third-order valence-electron chi connectivity index (χ3n) is 7.37. The van der Waals surface area contributed by atoms with Gasteiger partial charge in [0.2, 0.25) is 0 Å². The lowest BCUT2D eigenvalue weighted by atomic mass is 10.00. The molecular formula is C28H36ClFN6O3. The average molecular weight is 559 g/mol. The summed E-state index contributed by atoms with van der Waals surface area (Å²) in [6.45, 7) is 7.34. The van der Waals surface area contributed by atoms with Gasteiger partial charge in [-0.25, -0.2) is 14.4 Å². The van der Waals surface area contributed by atoms with Crippen LogP contribution in [0.2, 0.25) is 5.02 Å². The molecule has 39 heavy (non-hydrogen) atoms. The summed E-state index contributed by atoms with van der Waals surface area (Å²) in [7, 11) is 1.77. The number of anilines is 1. The molecule has 1 saturated carbocycles. The maximum Gasteiger partial charge on any atom is 0.163 e. The van der Waals surface area contributed by atoms with Crippen LogP contribution in [0, 0.1) is 20.8 Å². The van der Waals surface area contributed by atoms with Crippen molar-refractivity contribution in [2.45, 2.75) is 64.4 Å². The molecule has 5 rings (SSSR count). The van der Waals surface area contributed by atoms with E-state index in [9.17, 15) is 5.11 Å². The van der Waals surface area contributed by atoms with Gasteiger partial charge in [-0.3, -0.25) is 0 Å². The molecule has 2 fully saturated rings. The van der Waals surface area contributed by atoms with Crippen molar-refractivity contribution >= 4 is 17.4 Å². The summed E-state index contributed by atoms with van der Waals surface area (Å²) in [6.07, 6.45) is 1.01. The number of alkyl halides is 1. The Kier molecular flexibility index (Phi) is 8.37. The third-order valence-corrected chi connectivity index (χ3v) is 7.70. The average Bonchev–Trinajstić information content (AvgIpc) is 3.70. The number of rotatable bonds is 10. The zero-order valence-corrected chi connectivity index (χ0v) is 23.6. The van der Waals surface area contributed by atoms with E-state index >= 15 is 4.39 Å². The minimum atomic E-state index is -1.01. The van der Waals surface area contributed by atoms with E-state index in [1.807, 2.05) is 20.8 Å². The Bertz CT molecular complexity index is 1300. The first-order valence-corrected chi connectivity index (χ1v) is 13.9. The summed E-state index contributed by atoms with van der Waals surface area (Å²) in [5.74, 6) is 2.30. The number of hydrogen-bond donors (Lipinski definition) is 3. The molecule has 1 aliphatic heterocycles. The highest BCUT2D eigenvalue weighted by molar-refractivity contribution is 6.33. The number of nitrogens with one attached hydrogen (secondary N) is 2. The molecule has 3 atom stereocenters. The van der Waals surface area contributed by atoms with E-state index in [-0.39, 0.29) is 18.7 Å². The number of aliphatic hydroxyl groups is 1. The first-order valence-electron chi connectivity index (χ1n) is 13.5. The van der Waals surface area contributed by atoms with Crippen LogP contribution in [0.5, 0.6) is 5.75 Å². The molecule has 9 nitrogen and oxygen atoms in total. The van der Waals surface area contributed by atoms with Gasteiger partial charge in [-0.2, -0.15) is 0 Å². The minimum Gasteiger partial charge on any atom is -0.491 e. The predicted octanol–water partition coefficient (Wildman–Crippen LogP) is 4.01. The van der Waals surface area contributed by atoms with E-state index in [4.69, 9.17) is 30.8 Å². The van der Waals surface area contributed by atoms with Gasteiger partial charge in [0.1, 0.15) is 36.2 Å². The Morgan fingerprint density at radius 3 is 2.72 bits per heavy atom. The summed E-state index contributed by atoms with van der Waals surface area (Å²) in [6, 6.07) is 5.21. The maximum absolute atomic E-state index is 15.3. The van der Waals surface area contributed by atoms with Crippen molar-refractivity contribution in [2.24, 2.45) is 0 Å². The number of hydrogen-bond acceptors (Lipinski definition) is 9. The summed E-state index contributed by atoms with van der Waals surface area (Å²) < 4.78 is 26.7. The number of ether oxygens (including phenoxy) is 1. The number of aliphatic hydroxyl groups excluding tert-OH is 1. The van der Waals surface area contributed by atoms with Crippen molar-refractivity contribution in [2.75, 3.05) is 38.2 Å². The molecular weight excluding hydrogens is 523 g/mol. The van der Waals surface area contributed by atoms with Crippen LogP contribution in [0.1, 0.15) is 36.3 Å². The molecule has 3 aromatic rings. The van der Waals surface area contributed by atoms with Crippen LogP contribution in [0.25, 0.3) is 22.6 Å². The van der Waals surface area contributed by atoms with Crippen molar-refractivity contribution in [1.82, 2.24) is 25.8 Å². The van der Waals surface area contributed by atoms with Crippen molar-refractivity contribution in [3.8, 4) is 28.4 Å². The highest BCUT2D eigenvalue weighted by atomic mass is 35.5. The van der Waals surface area contributed by atoms with E-state index < -0.39 is 12.3 Å². The Hall–Kier alpha value is -2.79. The summed E-state index contributed by atoms with van der Waals surface area (Å²) >= 11 is 6.69. The normalized spacial score (nSPS) is 20.2. The Labute approximate surface area is 233 Å². The molecule has 11 heteroatoms. The number of nitrogens with zero attached hydrogens (tertiary/aromatic N) is 4. The lowest BCUT2D eigenvalue weighted by Gasteiger charge is -2.39. The molecule has 0 radical (unpaired) electrons. The molecule has 0 bridgehead atoms. The van der Waals surface area contributed by atoms with Gasteiger partial charge in [-0.15, -0.1) is 0 Å². The van der Waals surface area contributed by atoms with E-state index in [0.29, 0.717) is 58.9 Å². The summed E-state index contributed by atoms with van der Waals surface area (Å²) in [5.41, 5.74) is 3.65. The van der Waals surface area contributed by atoms with Gasteiger partial charge in [0, 0.05) is 30.3 Å². The molecule has 1 saturated heterocycles. The molecule has 1 aliphatic carbocycles. The highest BCUT2D eigenvalue weighted by Gasteiger charge is 2.41. The fourth-order valence-electron chi connectivity index (χ4n) is 5.27. The van der Waals surface area contributed by atoms with Gasteiger partial charge in [-0.05, 0) is 71.8 Å². The van der Waals surface area contributed by atoms with E-state index in [1.54, 1.807) is 25.2 Å². The lowest BCUT2D eigenvalue weighted by Crippen LogP contribution is -2.52. The number of aromatic nitrogens is 3. The zero-order chi connectivity index (χ0) is 27.7. The first-order chi connectivity index (χ1) is 18.8. The monoisotopic (exact) mass is 558 g/mol.